The average Bonchev–Trinajstić information content (AvgIpc) is 2.86. The molecule has 0 aromatic heterocycles. The molecule has 0 N–H and O–H groups in total. The third kappa shape index (κ3) is 10.3. The van der Waals surface area contributed by atoms with E-state index in [0.717, 1.165) is 6.42 Å². The van der Waals surface area contributed by atoms with Crippen LogP contribution in [-0.2, 0) is 5.41 Å². The van der Waals surface area contributed by atoms with E-state index in [4.69, 9.17) is 0 Å². The lowest BCUT2D eigenvalue weighted by atomic mass is 9.77. The van der Waals surface area contributed by atoms with E-state index >= 15 is 0 Å². The van der Waals surface area contributed by atoms with Crippen molar-refractivity contribution in [2.45, 2.75) is 87.0 Å². The SMILES string of the molecule is C=C.C=C(CC)C(C)(C)c1ccc(-c2ccc(/C(C)=C(\C)CCC)cc2)cc1.C=CC.CC. The molecule has 0 bridgehead atoms. The summed E-state index contributed by atoms with van der Waals surface area (Å²) in [6.45, 7) is 32.9. The summed E-state index contributed by atoms with van der Waals surface area (Å²) in [4.78, 5) is 0. The molecule has 0 heterocycles. The van der Waals surface area contributed by atoms with Crippen molar-refractivity contribution in [1.82, 2.24) is 0 Å². The van der Waals surface area contributed by atoms with E-state index in [0.29, 0.717) is 0 Å². The van der Waals surface area contributed by atoms with Crippen molar-refractivity contribution >= 4 is 5.57 Å². The minimum atomic E-state index is 0.0237. The third-order valence-electron chi connectivity index (χ3n) is 5.83. The number of rotatable bonds is 7. The van der Waals surface area contributed by atoms with Crippen LogP contribution < -0.4 is 0 Å². The van der Waals surface area contributed by atoms with Crippen molar-refractivity contribution in [1.29, 1.82) is 0 Å². The second kappa shape index (κ2) is 17.9. The molecule has 0 saturated heterocycles. The molecule has 0 heteroatoms. The monoisotopic (exact) mass is 446 g/mol. The van der Waals surface area contributed by atoms with Crippen molar-refractivity contribution in [3.8, 4) is 11.1 Å². The summed E-state index contributed by atoms with van der Waals surface area (Å²) in [5, 5.41) is 0. The highest BCUT2D eigenvalue weighted by atomic mass is 14.3. The van der Waals surface area contributed by atoms with Crippen LogP contribution in [0.4, 0.5) is 0 Å². The molecule has 33 heavy (non-hydrogen) atoms. The zero-order valence-corrected chi connectivity index (χ0v) is 23.1. The molecule has 2 rings (SSSR count). The summed E-state index contributed by atoms with van der Waals surface area (Å²) in [7, 11) is 0. The maximum atomic E-state index is 4.25. The molecule has 0 unspecified atom stereocenters. The molecular weight excluding hydrogens is 396 g/mol. The van der Waals surface area contributed by atoms with E-state index in [1.807, 2.05) is 20.8 Å². The molecule has 0 fully saturated rings. The lowest BCUT2D eigenvalue weighted by Gasteiger charge is -2.27. The van der Waals surface area contributed by atoms with Gasteiger partial charge in [0.1, 0.15) is 0 Å². The average molecular weight is 447 g/mol. The van der Waals surface area contributed by atoms with E-state index in [1.54, 1.807) is 6.08 Å². The Morgan fingerprint density at radius 1 is 0.848 bits per heavy atom. The van der Waals surface area contributed by atoms with Crippen LogP contribution in [0.1, 0.15) is 92.7 Å². The maximum absolute atomic E-state index is 4.25. The summed E-state index contributed by atoms with van der Waals surface area (Å²) in [5.41, 5.74) is 9.40. The highest BCUT2D eigenvalue weighted by Gasteiger charge is 2.22. The lowest BCUT2D eigenvalue weighted by Crippen LogP contribution is -2.19. The van der Waals surface area contributed by atoms with Gasteiger partial charge in [0.2, 0.25) is 0 Å². The predicted octanol–water partition coefficient (Wildman–Crippen LogP) is 11.2. The molecule has 0 aliphatic heterocycles. The van der Waals surface area contributed by atoms with Crippen molar-refractivity contribution in [3.63, 3.8) is 0 Å². The summed E-state index contributed by atoms with van der Waals surface area (Å²) in [6.07, 6.45) is 5.14. The fourth-order valence-corrected chi connectivity index (χ4v) is 3.45. The van der Waals surface area contributed by atoms with Crippen molar-refractivity contribution < 1.29 is 0 Å². The number of benzene rings is 2. The zero-order chi connectivity index (χ0) is 26.0. The number of allylic oxidation sites excluding steroid dienone is 4. The number of hydrogen-bond acceptors (Lipinski definition) is 0. The van der Waals surface area contributed by atoms with Crippen LogP contribution in [0.25, 0.3) is 16.7 Å². The quantitative estimate of drug-likeness (QED) is 0.371. The predicted molar refractivity (Wildman–Crippen MR) is 156 cm³/mol. The van der Waals surface area contributed by atoms with Gasteiger partial charge in [0.25, 0.3) is 0 Å². The van der Waals surface area contributed by atoms with Gasteiger partial charge in [-0.2, -0.15) is 0 Å². The number of hydrogen-bond donors (Lipinski definition) is 0. The smallest absolute Gasteiger partial charge is 0.0102 e. The first kappa shape index (κ1) is 32.6. The Kier molecular flexibility index (Phi) is 17.7. The fraction of sp³-hybridized carbons (Fsp3) is 0.394. The Bertz CT molecular complexity index is 827. The third-order valence-corrected chi connectivity index (χ3v) is 5.83. The molecule has 0 radical (unpaired) electrons. The van der Waals surface area contributed by atoms with Gasteiger partial charge >= 0.3 is 0 Å². The van der Waals surface area contributed by atoms with Crippen LogP contribution >= 0.6 is 0 Å². The highest BCUT2D eigenvalue weighted by molar-refractivity contribution is 5.71. The topological polar surface area (TPSA) is 0 Å². The second-order valence-corrected chi connectivity index (χ2v) is 8.30. The zero-order valence-electron chi connectivity index (χ0n) is 23.1. The van der Waals surface area contributed by atoms with Gasteiger partial charge in [0.05, 0.1) is 0 Å². The Morgan fingerprint density at radius 2 is 1.24 bits per heavy atom. The van der Waals surface area contributed by atoms with E-state index < -0.39 is 0 Å². The van der Waals surface area contributed by atoms with Crippen LogP contribution in [0.2, 0.25) is 0 Å². The first-order chi connectivity index (χ1) is 15.7. The van der Waals surface area contributed by atoms with Gasteiger partial charge in [0, 0.05) is 5.41 Å². The first-order valence-electron chi connectivity index (χ1n) is 12.4. The van der Waals surface area contributed by atoms with Gasteiger partial charge in [-0.05, 0) is 61.4 Å². The normalized spacial score (nSPS) is 10.7. The van der Waals surface area contributed by atoms with Gasteiger partial charge in [-0.1, -0.05) is 120 Å². The van der Waals surface area contributed by atoms with Crippen molar-refractivity contribution in [2.75, 3.05) is 0 Å². The van der Waals surface area contributed by atoms with Crippen LogP contribution in [0.5, 0.6) is 0 Å². The van der Waals surface area contributed by atoms with Gasteiger partial charge in [0.15, 0.2) is 0 Å². The van der Waals surface area contributed by atoms with E-state index in [2.05, 4.69) is 116 Å². The minimum Gasteiger partial charge on any atom is -0.106 e. The molecule has 0 saturated carbocycles. The summed E-state index contributed by atoms with van der Waals surface area (Å²) in [5.74, 6) is 0. The van der Waals surface area contributed by atoms with Crippen LogP contribution in [0, 0.1) is 0 Å². The Balaban J connectivity index is 0. The van der Waals surface area contributed by atoms with Crippen LogP contribution in [0.15, 0.2) is 92.1 Å². The molecule has 0 aliphatic rings. The van der Waals surface area contributed by atoms with Crippen molar-refractivity contribution in [3.05, 3.63) is 103 Å². The maximum Gasteiger partial charge on any atom is 0.0102 e. The molecule has 2 aromatic carbocycles. The van der Waals surface area contributed by atoms with Gasteiger partial charge in [-0.25, -0.2) is 0 Å². The molecule has 0 nitrogen and oxygen atoms in total. The Hall–Kier alpha value is -2.60. The Morgan fingerprint density at radius 3 is 1.61 bits per heavy atom. The lowest BCUT2D eigenvalue weighted by molar-refractivity contribution is 0.604. The second-order valence-electron chi connectivity index (χ2n) is 8.30. The van der Waals surface area contributed by atoms with Gasteiger partial charge < -0.3 is 0 Å². The highest BCUT2D eigenvalue weighted by Crippen LogP contribution is 2.33. The summed E-state index contributed by atoms with van der Waals surface area (Å²) < 4.78 is 0. The van der Waals surface area contributed by atoms with E-state index in [9.17, 15) is 0 Å². The minimum absolute atomic E-state index is 0.0237. The molecular formula is C33H50. The molecule has 182 valence electrons. The van der Waals surface area contributed by atoms with E-state index in [1.165, 1.54) is 51.8 Å². The summed E-state index contributed by atoms with van der Waals surface area (Å²) in [6, 6.07) is 18.0. The van der Waals surface area contributed by atoms with E-state index in [-0.39, 0.29) is 5.41 Å². The standard InChI is InChI=1S/C26H34.C3H6.C2H6.C2H4/c1-8-10-19(3)21(5)22-11-13-23(14-12-22)24-15-17-25(18-16-24)26(6,7)20(4)9-2;1-3-2;2*1-2/h11-18H,4,8-10H2,1-3,5-7H3;3H,1H2,2H3;1-2H3;1-2H2/b21-19+;;;. The van der Waals surface area contributed by atoms with Crippen LogP contribution in [0.3, 0.4) is 0 Å². The summed E-state index contributed by atoms with van der Waals surface area (Å²) >= 11 is 0. The van der Waals surface area contributed by atoms with Gasteiger partial charge in [-0.3, -0.25) is 0 Å². The van der Waals surface area contributed by atoms with Crippen LogP contribution in [-0.4, -0.2) is 0 Å². The largest absolute Gasteiger partial charge is 0.106 e. The first-order valence-corrected chi connectivity index (χ1v) is 12.4. The molecule has 2 aromatic rings. The molecule has 0 aliphatic carbocycles. The molecule has 0 amide bonds. The van der Waals surface area contributed by atoms with Gasteiger partial charge in [-0.15, -0.1) is 19.7 Å². The van der Waals surface area contributed by atoms with Crippen molar-refractivity contribution in [2.24, 2.45) is 0 Å². The Labute approximate surface area is 206 Å². The fourth-order valence-electron chi connectivity index (χ4n) is 3.45. The molecule has 0 spiro atoms. The molecule has 0 atom stereocenters.